The van der Waals surface area contributed by atoms with Gasteiger partial charge in [0.05, 0.1) is 18.2 Å². The molecule has 0 amide bonds. The van der Waals surface area contributed by atoms with Crippen molar-refractivity contribution in [2.45, 2.75) is 12.8 Å². The van der Waals surface area contributed by atoms with E-state index in [0.717, 1.165) is 18.6 Å². The van der Waals surface area contributed by atoms with Crippen LogP contribution in [0, 0.1) is 17.3 Å². The Labute approximate surface area is 128 Å². The number of halogens is 2. The molecule has 2 aromatic rings. The third-order valence-electron chi connectivity index (χ3n) is 3.60. The molecule has 0 aromatic heterocycles. The van der Waals surface area contributed by atoms with E-state index >= 15 is 0 Å². The van der Waals surface area contributed by atoms with Crippen molar-refractivity contribution in [1.29, 1.82) is 0 Å². The molecule has 1 radical (unpaired) electrons. The summed E-state index contributed by atoms with van der Waals surface area (Å²) in [5.41, 5.74) is 0.0292. The Balaban J connectivity index is 1.55. The van der Waals surface area contributed by atoms with E-state index in [-0.39, 0.29) is 11.2 Å². The highest BCUT2D eigenvalue weighted by Crippen LogP contribution is 2.46. The van der Waals surface area contributed by atoms with Crippen LogP contribution in [0.25, 0.3) is 0 Å². The molecule has 4 heteroatoms. The van der Waals surface area contributed by atoms with Gasteiger partial charge in [0.1, 0.15) is 17.3 Å². The summed E-state index contributed by atoms with van der Waals surface area (Å²) in [6, 6.07) is 14.7. The second-order valence-electron chi connectivity index (χ2n) is 5.38. The summed E-state index contributed by atoms with van der Waals surface area (Å²) in [7, 11) is 0. The van der Waals surface area contributed by atoms with Crippen molar-refractivity contribution < 1.29 is 13.9 Å². The van der Waals surface area contributed by atoms with E-state index in [1.54, 1.807) is 6.07 Å². The van der Waals surface area contributed by atoms with Crippen LogP contribution in [-0.4, -0.2) is 13.2 Å². The maximum Gasteiger partial charge on any atom is 0.138 e. The molecule has 0 aliphatic heterocycles. The molecular weight excluding hydrogens is 291 g/mol. The number of rotatable bonds is 6. The molecule has 0 spiro atoms. The van der Waals surface area contributed by atoms with Crippen molar-refractivity contribution in [1.82, 2.24) is 0 Å². The van der Waals surface area contributed by atoms with Crippen molar-refractivity contribution in [2.24, 2.45) is 5.41 Å². The molecule has 1 fully saturated rings. The number of para-hydroxylation sites is 1. The smallest absolute Gasteiger partial charge is 0.138 e. The normalized spacial score (nSPS) is 15.5. The van der Waals surface area contributed by atoms with Gasteiger partial charge in [-0.1, -0.05) is 29.8 Å². The first kappa shape index (κ1) is 14.2. The molecule has 1 saturated carbocycles. The van der Waals surface area contributed by atoms with Crippen molar-refractivity contribution in [2.75, 3.05) is 13.2 Å². The summed E-state index contributed by atoms with van der Waals surface area (Å²) in [5, 5.41) is 0.295. The molecule has 1 aliphatic rings. The molecule has 3 rings (SSSR count). The molecule has 0 heterocycles. The van der Waals surface area contributed by atoms with E-state index in [1.165, 1.54) is 12.1 Å². The summed E-state index contributed by atoms with van der Waals surface area (Å²) in [6.45, 7) is 1.11. The van der Waals surface area contributed by atoms with Gasteiger partial charge in [0.25, 0.3) is 0 Å². The molecule has 2 aromatic carbocycles. The SMILES string of the molecule is Fc1ccc(OCC2(COc3[c]cccc3)CC2)c(Cl)c1. The maximum absolute atomic E-state index is 13.0. The van der Waals surface area contributed by atoms with Gasteiger partial charge in [-0.05, 0) is 37.1 Å². The van der Waals surface area contributed by atoms with Gasteiger partial charge >= 0.3 is 0 Å². The van der Waals surface area contributed by atoms with E-state index in [4.69, 9.17) is 21.1 Å². The third kappa shape index (κ3) is 3.67. The first-order valence-corrected chi connectivity index (χ1v) is 7.22. The lowest BCUT2D eigenvalue weighted by atomic mass is 10.1. The van der Waals surface area contributed by atoms with Crippen LogP contribution in [0.4, 0.5) is 4.39 Å². The zero-order valence-corrected chi connectivity index (χ0v) is 12.2. The standard InChI is InChI=1S/C17H15ClFO2/c18-15-10-13(19)6-7-16(15)21-12-17(8-9-17)11-20-14-4-2-1-3-5-14/h1-4,6-7,10H,8-9,11-12H2. The van der Waals surface area contributed by atoms with E-state index in [9.17, 15) is 4.39 Å². The summed E-state index contributed by atoms with van der Waals surface area (Å²) < 4.78 is 24.4. The average molecular weight is 306 g/mol. The minimum Gasteiger partial charge on any atom is -0.492 e. The highest BCUT2D eigenvalue weighted by molar-refractivity contribution is 6.32. The summed E-state index contributed by atoms with van der Waals surface area (Å²) >= 11 is 5.95. The zero-order valence-electron chi connectivity index (χ0n) is 11.4. The molecule has 0 atom stereocenters. The van der Waals surface area contributed by atoms with Gasteiger partial charge in [0.15, 0.2) is 0 Å². The predicted molar refractivity (Wildman–Crippen MR) is 79.3 cm³/mol. The highest BCUT2D eigenvalue weighted by atomic mass is 35.5. The van der Waals surface area contributed by atoms with Crippen LogP contribution in [0.5, 0.6) is 11.5 Å². The van der Waals surface area contributed by atoms with Crippen LogP contribution in [0.15, 0.2) is 42.5 Å². The Morgan fingerprint density at radius 3 is 2.62 bits per heavy atom. The van der Waals surface area contributed by atoms with E-state index < -0.39 is 0 Å². The van der Waals surface area contributed by atoms with Crippen molar-refractivity contribution in [3.8, 4) is 11.5 Å². The summed E-state index contributed by atoms with van der Waals surface area (Å²) in [4.78, 5) is 0. The summed E-state index contributed by atoms with van der Waals surface area (Å²) in [6.07, 6.45) is 2.11. The Kier molecular flexibility index (Phi) is 4.02. The van der Waals surface area contributed by atoms with Crippen LogP contribution in [0.1, 0.15) is 12.8 Å². The fourth-order valence-electron chi connectivity index (χ4n) is 2.03. The van der Waals surface area contributed by atoms with Gasteiger partial charge in [-0.3, -0.25) is 0 Å². The Hall–Kier alpha value is -1.74. The third-order valence-corrected chi connectivity index (χ3v) is 3.89. The first-order chi connectivity index (χ1) is 10.2. The van der Waals surface area contributed by atoms with Crippen LogP contribution in [0.2, 0.25) is 5.02 Å². The quantitative estimate of drug-likeness (QED) is 0.781. The van der Waals surface area contributed by atoms with Crippen LogP contribution in [0.3, 0.4) is 0 Å². The highest BCUT2D eigenvalue weighted by Gasteiger charge is 2.44. The van der Waals surface area contributed by atoms with Crippen LogP contribution in [-0.2, 0) is 0 Å². The van der Waals surface area contributed by atoms with E-state index in [2.05, 4.69) is 6.07 Å². The van der Waals surface area contributed by atoms with E-state index in [0.29, 0.717) is 24.0 Å². The number of hydrogen-bond donors (Lipinski definition) is 0. The minimum atomic E-state index is -0.364. The van der Waals surface area contributed by atoms with E-state index in [1.807, 2.05) is 24.3 Å². The molecule has 0 unspecified atom stereocenters. The van der Waals surface area contributed by atoms with Gasteiger partial charge in [-0.2, -0.15) is 0 Å². The fourth-order valence-corrected chi connectivity index (χ4v) is 2.25. The zero-order chi connectivity index (χ0) is 14.7. The number of hydrogen-bond acceptors (Lipinski definition) is 2. The van der Waals surface area contributed by atoms with Gasteiger partial charge in [-0.25, -0.2) is 4.39 Å². The predicted octanol–water partition coefficient (Wildman–Crippen LogP) is 4.52. The van der Waals surface area contributed by atoms with Gasteiger partial charge in [0.2, 0.25) is 0 Å². The van der Waals surface area contributed by atoms with Gasteiger partial charge < -0.3 is 9.47 Å². The van der Waals surface area contributed by atoms with Crippen LogP contribution < -0.4 is 9.47 Å². The lowest BCUT2D eigenvalue weighted by Crippen LogP contribution is -2.21. The molecule has 109 valence electrons. The second kappa shape index (κ2) is 5.94. The second-order valence-corrected chi connectivity index (χ2v) is 5.79. The molecule has 1 aliphatic carbocycles. The molecule has 0 bridgehead atoms. The molecule has 21 heavy (non-hydrogen) atoms. The topological polar surface area (TPSA) is 18.5 Å². The van der Waals surface area contributed by atoms with Gasteiger partial charge in [-0.15, -0.1) is 0 Å². The fraction of sp³-hybridized carbons (Fsp3) is 0.294. The maximum atomic E-state index is 13.0. The van der Waals surface area contributed by atoms with Gasteiger partial charge in [0, 0.05) is 11.5 Å². The minimum absolute atomic E-state index is 0.0292. The Morgan fingerprint density at radius 2 is 1.95 bits per heavy atom. The van der Waals surface area contributed by atoms with Crippen LogP contribution >= 0.6 is 11.6 Å². The number of ether oxygens (including phenoxy) is 2. The lowest BCUT2D eigenvalue weighted by Gasteiger charge is -2.17. The monoisotopic (exact) mass is 305 g/mol. The van der Waals surface area contributed by atoms with Crippen molar-refractivity contribution in [3.63, 3.8) is 0 Å². The Bertz CT molecular complexity index is 611. The molecule has 0 saturated heterocycles. The largest absolute Gasteiger partial charge is 0.492 e. The average Bonchev–Trinajstić information content (AvgIpc) is 3.26. The van der Waals surface area contributed by atoms with Crippen molar-refractivity contribution >= 4 is 11.6 Å². The first-order valence-electron chi connectivity index (χ1n) is 6.84. The Morgan fingerprint density at radius 1 is 1.14 bits per heavy atom. The molecular formula is C17H15ClFO2. The molecule has 2 nitrogen and oxygen atoms in total. The lowest BCUT2D eigenvalue weighted by molar-refractivity contribution is 0.160. The summed E-state index contributed by atoms with van der Waals surface area (Å²) in [5.74, 6) is 0.885. The number of benzene rings is 2. The van der Waals surface area contributed by atoms with Crippen molar-refractivity contribution in [3.05, 3.63) is 59.4 Å². The molecule has 0 N–H and O–H groups in total.